The smallest absolute Gasteiger partial charge is 0.114 e. The summed E-state index contributed by atoms with van der Waals surface area (Å²) in [7, 11) is 0. The van der Waals surface area contributed by atoms with Gasteiger partial charge in [0.2, 0.25) is 0 Å². The van der Waals surface area contributed by atoms with Gasteiger partial charge in [0.15, 0.2) is 0 Å². The van der Waals surface area contributed by atoms with Crippen LogP contribution in [0.5, 0.6) is 0 Å². The summed E-state index contributed by atoms with van der Waals surface area (Å²) < 4.78 is 10.8. The van der Waals surface area contributed by atoms with Gasteiger partial charge < -0.3 is 24.8 Å². The van der Waals surface area contributed by atoms with Crippen molar-refractivity contribution in [2.75, 3.05) is 19.8 Å². The van der Waals surface area contributed by atoms with Crippen LogP contribution in [0.15, 0.2) is 12.7 Å². The number of aliphatic hydroxyl groups is 3. The Bertz CT molecular complexity index is 246. The van der Waals surface area contributed by atoms with E-state index >= 15 is 0 Å². The minimum Gasteiger partial charge on any atom is -0.394 e. The van der Waals surface area contributed by atoms with Crippen LogP contribution >= 0.6 is 0 Å². The second-order valence-electron chi connectivity index (χ2n) is 4.94. The zero-order valence-electron chi connectivity index (χ0n) is 11.4. The summed E-state index contributed by atoms with van der Waals surface area (Å²) in [6.07, 6.45) is 4.27. The van der Waals surface area contributed by atoms with Crippen LogP contribution < -0.4 is 0 Å². The van der Waals surface area contributed by atoms with Crippen molar-refractivity contribution in [1.29, 1.82) is 0 Å². The lowest BCUT2D eigenvalue weighted by molar-refractivity contribution is -0.0730. The van der Waals surface area contributed by atoms with Crippen LogP contribution in [-0.2, 0) is 9.47 Å². The second-order valence-corrected chi connectivity index (χ2v) is 4.94. The number of unbranched alkanes of at least 4 members (excludes halogenated alkanes) is 4. The van der Waals surface area contributed by atoms with Crippen molar-refractivity contribution < 1.29 is 24.8 Å². The first kappa shape index (κ1) is 16.6. The van der Waals surface area contributed by atoms with Crippen LogP contribution in [0.3, 0.4) is 0 Å². The highest BCUT2D eigenvalue weighted by Crippen LogP contribution is 2.20. The third-order valence-electron chi connectivity index (χ3n) is 3.37. The number of allylic oxidation sites excluding steroid dienone is 1. The molecule has 0 aromatic heterocycles. The maximum atomic E-state index is 9.89. The molecule has 0 aromatic rings. The van der Waals surface area contributed by atoms with Gasteiger partial charge in [-0.05, 0) is 19.3 Å². The van der Waals surface area contributed by atoms with Gasteiger partial charge in [-0.2, -0.15) is 0 Å². The molecule has 0 spiro atoms. The Morgan fingerprint density at radius 3 is 2.74 bits per heavy atom. The second kappa shape index (κ2) is 9.44. The number of ether oxygens (including phenoxy) is 2. The van der Waals surface area contributed by atoms with Gasteiger partial charge in [-0.3, -0.25) is 0 Å². The summed E-state index contributed by atoms with van der Waals surface area (Å²) in [4.78, 5) is 0. The van der Waals surface area contributed by atoms with Crippen LogP contribution in [0.25, 0.3) is 0 Å². The predicted octanol–water partition coefficient (Wildman–Crippen LogP) is 0.621. The standard InChI is InChI=1S/C14H26O5/c1-2-3-4-5-6-7-8-18-12-10-19-14(13(12)17)11(16)9-15/h2,11-17H,1,3-10H2/t11-,12+,13-,14-/m1/s1. The fourth-order valence-corrected chi connectivity index (χ4v) is 2.18. The lowest BCUT2D eigenvalue weighted by Crippen LogP contribution is -2.41. The minimum atomic E-state index is -1.05. The molecule has 1 aliphatic rings. The molecule has 0 unspecified atom stereocenters. The van der Waals surface area contributed by atoms with Crippen molar-refractivity contribution in [1.82, 2.24) is 0 Å². The van der Waals surface area contributed by atoms with E-state index < -0.39 is 31.0 Å². The van der Waals surface area contributed by atoms with Crippen LogP contribution in [0.2, 0.25) is 0 Å². The monoisotopic (exact) mass is 274 g/mol. The summed E-state index contributed by atoms with van der Waals surface area (Å²) in [6.45, 7) is 4.11. The van der Waals surface area contributed by atoms with Gasteiger partial charge in [0.05, 0.1) is 13.2 Å². The normalized spacial score (nSPS) is 28.5. The summed E-state index contributed by atoms with van der Waals surface area (Å²) in [5, 5.41) is 28.2. The fourth-order valence-electron chi connectivity index (χ4n) is 2.18. The molecule has 5 nitrogen and oxygen atoms in total. The first-order valence-electron chi connectivity index (χ1n) is 7.01. The maximum Gasteiger partial charge on any atom is 0.114 e. The molecule has 0 amide bonds. The van der Waals surface area contributed by atoms with Crippen molar-refractivity contribution in [3.05, 3.63) is 12.7 Å². The third-order valence-corrected chi connectivity index (χ3v) is 3.37. The Hall–Kier alpha value is -0.460. The highest BCUT2D eigenvalue weighted by molar-refractivity contribution is 4.88. The van der Waals surface area contributed by atoms with Gasteiger partial charge in [-0.15, -0.1) is 6.58 Å². The Balaban J connectivity index is 2.09. The molecular weight excluding hydrogens is 248 g/mol. The molecule has 1 saturated heterocycles. The zero-order chi connectivity index (χ0) is 14.1. The Kier molecular flexibility index (Phi) is 8.25. The number of aliphatic hydroxyl groups excluding tert-OH is 3. The molecule has 3 N–H and O–H groups in total. The van der Waals surface area contributed by atoms with E-state index in [0.717, 1.165) is 32.1 Å². The van der Waals surface area contributed by atoms with Crippen molar-refractivity contribution in [2.45, 2.75) is 56.5 Å². The lowest BCUT2D eigenvalue weighted by atomic mass is 10.1. The SMILES string of the molecule is C=CCCCCCCO[C@H]1CO[C@H]([C@H](O)CO)[C@@H]1O. The lowest BCUT2D eigenvalue weighted by Gasteiger charge is -2.20. The maximum absolute atomic E-state index is 9.89. The predicted molar refractivity (Wildman–Crippen MR) is 71.9 cm³/mol. The Morgan fingerprint density at radius 2 is 2.05 bits per heavy atom. The van der Waals surface area contributed by atoms with Gasteiger partial charge in [0, 0.05) is 6.61 Å². The van der Waals surface area contributed by atoms with Gasteiger partial charge in [-0.25, -0.2) is 0 Å². The van der Waals surface area contributed by atoms with Crippen LogP contribution in [-0.4, -0.2) is 59.6 Å². The zero-order valence-corrected chi connectivity index (χ0v) is 11.4. The first-order chi connectivity index (χ1) is 9.20. The van der Waals surface area contributed by atoms with E-state index in [0.29, 0.717) is 6.61 Å². The molecule has 1 aliphatic heterocycles. The topological polar surface area (TPSA) is 79.2 Å². The Morgan fingerprint density at radius 1 is 1.32 bits per heavy atom. The molecule has 1 heterocycles. The van der Waals surface area contributed by atoms with Gasteiger partial charge in [0.25, 0.3) is 0 Å². The summed E-state index contributed by atoms with van der Waals surface area (Å²) in [5.41, 5.74) is 0. The molecule has 0 bridgehead atoms. The Labute approximate surface area is 114 Å². The van der Waals surface area contributed by atoms with Crippen molar-refractivity contribution >= 4 is 0 Å². The van der Waals surface area contributed by atoms with Crippen LogP contribution in [0.4, 0.5) is 0 Å². The van der Waals surface area contributed by atoms with E-state index in [4.69, 9.17) is 14.6 Å². The fraction of sp³-hybridized carbons (Fsp3) is 0.857. The number of hydrogen-bond donors (Lipinski definition) is 3. The van der Waals surface area contributed by atoms with E-state index in [1.807, 2.05) is 6.08 Å². The molecule has 0 aromatic carbocycles. The first-order valence-corrected chi connectivity index (χ1v) is 7.01. The summed E-state index contributed by atoms with van der Waals surface area (Å²) in [5.74, 6) is 0. The average molecular weight is 274 g/mol. The molecule has 0 saturated carbocycles. The van der Waals surface area contributed by atoms with Gasteiger partial charge in [-0.1, -0.05) is 18.9 Å². The van der Waals surface area contributed by atoms with Gasteiger partial charge in [0.1, 0.15) is 24.4 Å². The highest BCUT2D eigenvalue weighted by Gasteiger charge is 2.40. The highest BCUT2D eigenvalue weighted by atomic mass is 16.6. The molecule has 0 aliphatic carbocycles. The van der Waals surface area contributed by atoms with E-state index in [1.54, 1.807) is 0 Å². The van der Waals surface area contributed by atoms with Crippen molar-refractivity contribution in [3.8, 4) is 0 Å². The molecule has 112 valence electrons. The molecule has 0 radical (unpaired) electrons. The molecule has 1 fully saturated rings. The summed E-state index contributed by atoms with van der Waals surface area (Å²) in [6, 6.07) is 0. The van der Waals surface area contributed by atoms with Crippen molar-refractivity contribution in [3.63, 3.8) is 0 Å². The van der Waals surface area contributed by atoms with E-state index in [9.17, 15) is 10.2 Å². The van der Waals surface area contributed by atoms with Crippen LogP contribution in [0.1, 0.15) is 32.1 Å². The summed E-state index contributed by atoms with van der Waals surface area (Å²) >= 11 is 0. The molecule has 5 heteroatoms. The number of hydrogen-bond acceptors (Lipinski definition) is 5. The van der Waals surface area contributed by atoms with E-state index in [-0.39, 0.29) is 6.61 Å². The minimum absolute atomic E-state index is 0.263. The molecular formula is C14H26O5. The molecule has 1 rings (SSSR count). The molecule has 19 heavy (non-hydrogen) atoms. The third kappa shape index (κ3) is 5.58. The average Bonchev–Trinajstić information content (AvgIpc) is 2.78. The molecule has 4 atom stereocenters. The van der Waals surface area contributed by atoms with Crippen molar-refractivity contribution in [2.24, 2.45) is 0 Å². The largest absolute Gasteiger partial charge is 0.394 e. The van der Waals surface area contributed by atoms with Crippen LogP contribution in [0, 0.1) is 0 Å². The van der Waals surface area contributed by atoms with E-state index in [2.05, 4.69) is 6.58 Å². The quantitative estimate of drug-likeness (QED) is 0.402. The van der Waals surface area contributed by atoms with Gasteiger partial charge >= 0.3 is 0 Å². The van der Waals surface area contributed by atoms with E-state index in [1.165, 1.54) is 0 Å². The number of rotatable bonds is 10.